The summed E-state index contributed by atoms with van der Waals surface area (Å²) in [5.41, 5.74) is 2.27. The molecule has 0 radical (unpaired) electrons. The van der Waals surface area contributed by atoms with Crippen molar-refractivity contribution in [2.75, 3.05) is 13.2 Å². The van der Waals surface area contributed by atoms with Gasteiger partial charge in [0.25, 0.3) is 0 Å². The number of benzene rings is 1. The van der Waals surface area contributed by atoms with E-state index < -0.39 is 0 Å². The summed E-state index contributed by atoms with van der Waals surface area (Å²) < 4.78 is 5.79. The first-order chi connectivity index (χ1) is 9.85. The van der Waals surface area contributed by atoms with Crippen molar-refractivity contribution in [3.8, 4) is 5.75 Å². The zero-order valence-electron chi connectivity index (χ0n) is 13.9. The maximum absolute atomic E-state index is 5.79. The monoisotopic (exact) mass is 287 g/mol. The fourth-order valence-corrected chi connectivity index (χ4v) is 4.70. The highest BCUT2D eigenvalue weighted by Crippen LogP contribution is 2.45. The summed E-state index contributed by atoms with van der Waals surface area (Å²) in [7, 11) is 0. The van der Waals surface area contributed by atoms with E-state index in [1.807, 2.05) is 0 Å². The Morgan fingerprint density at radius 3 is 2.48 bits per heavy atom. The van der Waals surface area contributed by atoms with E-state index in [1.165, 1.54) is 24.8 Å². The largest absolute Gasteiger partial charge is 0.493 e. The van der Waals surface area contributed by atoms with Crippen LogP contribution in [0, 0.1) is 10.8 Å². The molecule has 1 aromatic carbocycles. The van der Waals surface area contributed by atoms with Gasteiger partial charge >= 0.3 is 0 Å². The average molecular weight is 287 g/mol. The summed E-state index contributed by atoms with van der Waals surface area (Å²) in [5, 5.41) is 3.84. The van der Waals surface area contributed by atoms with E-state index >= 15 is 0 Å². The summed E-state index contributed by atoms with van der Waals surface area (Å²) in [4.78, 5) is 0. The second-order valence-electron chi connectivity index (χ2n) is 8.56. The van der Waals surface area contributed by atoms with Crippen LogP contribution in [0.25, 0.3) is 0 Å². The second kappa shape index (κ2) is 5.31. The highest BCUT2D eigenvalue weighted by Gasteiger charge is 2.38. The molecule has 2 nitrogen and oxygen atoms in total. The Kier molecular flexibility index (Phi) is 3.77. The molecule has 1 aliphatic carbocycles. The Balaban J connectivity index is 1.61. The lowest BCUT2D eigenvalue weighted by atomic mass is 9.63. The van der Waals surface area contributed by atoms with Crippen LogP contribution >= 0.6 is 0 Å². The lowest BCUT2D eigenvalue weighted by molar-refractivity contribution is 0.0842. The number of nitrogens with one attached hydrogen (secondary N) is 1. The van der Waals surface area contributed by atoms with Gasteiger partial charge in [-0.15, -0.1) is 0 Å². The van der Waals surface area contributed by atoms with Crippen molar-refractivity contribution < 1.29 is 4.74 Å². The van der Waals surface area contributed by atoms with E-state index in [4.69, 9.17) is 4.74 Å². The van der Waals surface area contributed by atoms with Crippen LogP contribution in [0.5, 0.6) is 5.75 Å². The van der Waals surface area contributed by atoms with Crippen LogP contribution in [0.3, 0.4) is 0 Å². The van der Waals surface area contributed by atoms with Gasteiger partial charge in [-0.05, 0) is 36.2 Å². The highest BCUT2D eigenvalue weighted by atomic mass is 16.5. The molecular weight excluding hydrogens is 258 g/mol. The van der Waals surface area contributed by atoms with Crippen LogP contribution < -0.4 is 10.1 Å². The normalized spacial score (nSPS) is 27.1. The molecule has 0 bridgehead atoms. The van der Waals surface area contributed by atoms with E-state index in [0.29, 0.717) is 22.8 Å². The van der Waals surface area contributed by atoms with Crippen molar-refractivity contribution in [1.29, 1.82) is 0 Å². The van der Waals surface area contributed by atoms with Gasteiger partial charge in [0.1, 0.15) is 5.75 Å². The fourth-order valence-electron chi connectivity index (χ4n) is 4.70. The van der Waals surface area contributed by atoms with E-state index in [2.05, 4.69) is 57.3 Å². The van der Waals surface area contributed by atoms with E-state index in [-0.39, 0.29) is 0 Å². The Morgan fingerprint density at radius 1 is 1.10 bits per heavy atom. The first kappa shape index (κ1) is 14.9. The van der Waals surface area contributed by atoms with E-state index in [0.717, 1.165) is 18.9 Å². The number of fused-ring (bicyclic) bond motifs is 1. The molecule has 0 saturated heterocycles. The van der Waals surface area contributed by atoms with Gasteiger partial charge in [-0.25, -0.2) is 0 Å². The maximum atomic E-state index is 5.79. The molecule has 1 aliphatic heterocycles. The van der Waals surface area contributed by atoms with Crippen LogP contribution in [-0.2, 0) is 0 Å². The number of ether oxygens (including phenoxy) is 1. The van der Waals surface area contributed by atoms with Crippen LogP contribution in [0.1, 0.15) is 58.4 Å². The molecule has 2 heteroatoms. The van der Waals surface area contributed by atoms with Crippen LogP contribution in [0.4, 0.5) is 0 Å². The quantitative estimate of drug-likeness (QED) is 0.892. The standard InChI is InChI=1S/C19H29NO/c1-18(2)9-15(10-19(3,4)13-18)20-11-14-12-21-17-8-6-5-7-16(14)17/h5-8,14-15,20H,9-13H2,1-4H3. The van der Waals surface area contributed by atoms with Crippen LogP contribution in [-0.4, -0.2) is 19.2 Å². The zero-order valence-corrected chi connectivity index (χ0v) is 13.9. The summed E-state index contributed by atoms with van der Waals surface area (Å²) in [6.45, 7) is 11.5. The predicted molar refractivity (Wildman–Crippen MR) is 87.9 cm³/mol. The molecule has 1 atom stereocenters. The molecule has 1 heterocycles. The van der Waals surface area contributed by atoms with Crippen molar-refractivity contribution in [2.24, 2.45) is 10.8 Å². The van der Waals surface area contributed by atoms with Crippen molar-refractivity contribution in [1.82, 2.24) is 5.32 Å². The Bertz CT molecular complexity index is 490. The van der Waals surface area contributed by atoms with Gasteiger partial charge in [0, 0.05) is 24.1 Å². The smallest absolute Gasteiger partial charge is 0.122 e. The molecule has 21 heavy (non-hydrogen) atoms. The molecule has 1 N–H and O–H groups in total. The molecule has 1 aromatic rings. The number of hydrogen-bond donors (Lipinski definition) is 1. The molecule has 3 rings (SSSR count). The predicted octanol–water partition coefficient (Wildman–Crippen LogP) is 4.36. The third-order valence-electron chi connectivity index (χ3n) is 5.01. The molecule has 1 fully saturated rings. The summed E-state index contributed by atoms with van der Waals surface area (Å²) in [6, 6.07) is 9.11. The first-order valence-electron chi connectivity index (χ1n) is 8.30. The van der Waals surface area contributed by atoms with Crippen molar-refractivity contribution in [3.63, 3.8) is 0 Å². The molecule has 0 spiro atoms. The minimum atomic E-state index is 0.448. The third kappa shape index (κ3) is 3.42. The SMILES string of the molecule is CC1(C)CC(NCC2COc3ccccc32)CC(C)(C)C1. The van der Waals surface area contributed by atoms with Gasteiger partial charge in [-0.3, -0.25) is 0 Å². The molecule has 116 valence electrons. The lowest BCUT2D eigenvalue weighted by Gasteiger charge is -2.45. The summed E-state index contributed by atoms with van der Waals surface area (Å²) in [5.74, 6) is 1.59. The zero-order chi connectivity index (χ0) is 15.1. The third-order valence-corrected chi connectivity index (χ3v) is 5.01. The fraction of sp³-hybridized carbons (Fsp3) is 0.684. The maximum Gasteiger partial charge on any atom is 0.122 e. The first-order valence-corrected chi connectivity index (χ1v) is 8.30. The van der Waals surface area contributed by atoms with Gasteiger partial charge in [0.05, 0.1) is 6.61 Å². The molecule has 0 aromatic heterocycles. The van der Waals surface area contributed by atoms with Gasteiger partial charge in [-0.2, -0.15) is 0 Å². The molecule has 1 saturated carbocycles. The average Bonchev–Trinajstić information content (AvgIpc) is 2.76. The van der Waals surface area contributed by atoms with Gasteiger partial charge < -0.3 is 10.1 Å². The molecule has 0 amide bonds. The number of hydrogen-bond acceptors (Lipinski definition) is 2. The number of para-hydroxylation sites is 1. The summed E-state index contributed by atoms with van der Waals surface area (Å²) >= 11 is 0. The van der Waals surface area contributed by atoms with Gasteiger partial charge in [0.2, 0.25) is 0 Å². The van der Waals surface area contributed by atoms with Gasteiger partial charge in [0.15, 0.2) is 0 Å². The highest BCUT2D eigenvalue weighted by molar-refractivity contribution is 5.39. The van der Waals surface area contributed by atoms with Crippen molar-refractivity contribution >= 4 is 0 Å². The van der Waals surface area contributed by atoms with Crippen molar-refractivity contribution in [2.45, 2.75) is 58.9 Å². The van der Waals surface area contributed by atoms with Crippen molar-refractivity contribution in [3.05, 3.63) is 29.8 Å². The Hall–Kier alpha value is -1.02. The van der Waals surface area contributed by atoms with E-state index in [9.17, 15) is 0 Å². The van der Waals surface area contributed by atoms with E-state index in [1.54, 1.807) is 0 Å². The Morgan fingerprint density at radius 2 is 1.76 bits per heavy atom. The topological polar surface area (TPSA) is 21.3 Å². The lowest BCUT2D eigenvalue weighted by Crippen LogP contribution is -2.45. The second-order valence-corrected chi connectivity index (χ2v) is 8.56. The molecule has 1 unspecified atom stereocenters. The summed E-state index contributed by atoms with van der Waals surface area (Å²) in [6.07, 6.45) is 3.89. The number of rotatable bonds is 3. The minimum Gasteiger partial charge on any atom is -0.493 e. The minimum absolute atomic E-state index is 0.448. The Labute approximate surface area is 129 Å². The molecular formula is C19H29NO. The van der Waals surface area contributed by atoms with Gasteiger partial charge in [-0.1, -0.05) is 45.9 Å². The van der Waals surface area contributed by atoms with Crippen LogP contribution in [0.2, 0.25) is 0 Å². The van der Waals surface area contributed by atoms with Crippen LogP contribution in [0.15, 0.2) is 24.3 Å². The molecule has 2 aliphatic rings.